The van der Waals surface area contributed by atoms with E-state index in [4.69, 9.17) is 4.42 Å². The van der Waals surface area contributed by atoms with E-state index in [1.54, 1.807) is 0 Å². The minimum absolute atomic E-state index is 0.892. The van der Waals surface area contributed by atoms with E-state index in [0.717, 1.165) is 33.3 Å². The van der Waals surface area contributed by atoms with Gasteiger partial charge in [0, 0.05) is 55.1 Å². The molecule has 3 heterocycles. The average Bonchev–Trinajstić information content (AvgIpc) is 3.80. The molecule has 0 fully saturated rings. The Kier molecular flexibility index (Phi) is 4.84. The highest BCUT2D eigenvalue weighted by Gasteiger charge is 2.25. The summed E-state index contributed by atoms with van der Waals surface area (Å²) in [7, 11) is 0. The van der Waals surface area contributed by atoms with Gasteiger partial charge in [0.2, 0.25) is 0 Å². The largest absolute Gasteiger partial charge is 0.456 e. The molecule has 0 unspecified atom stereocenters. The zero-order chi connectivity index (χ0) is 30.6. The van der Waals surface area contributed by atoms with Gasteiger partial charge in [0.15, 0.2) is 0 Å². The Bertz CT molecular complexity index is 3070. The second kappa shape index (κ2) is 9.12. The lowest BCUT2D eigenvalue weighted by Gasteiger charge is -2.13. The number of fused-ring (bicyclic) bond motifs is 15. The molecule has 11 rings (SSSR count). The topological polar surface area (TPSA) is 23.0 Å². The normalized spacial score (nSPS) is 12.3. The van der Waals surface area contributed by atoms with Crippen LogP contribution in [0.3, 0.4) is 0 Å². The van der Waals surface area contributed by atoms with E-state index in [0.29, 0.717) is 0 Å². The first-order valence-corrected chi connectivity index (χ1v) is 16.1. The van der Waals surface area contributed by atoms with Crippen molar-refractivity contribution in [2.24, 2.45) is 0 Å². The zero-order valence-electron chi connectivity index (χ0n) is 25.3. The van der Waals surface area contributed by atoms with E-state index in [1.165, 1.54) is 65.2 Å². The minimum Gasteiger partial charge on any atom is -0.456 e. The van der Waals surface area contributed by atoms with Gasteiger partial charge in [-0.3, -0.25) is 0 Å². The number of aromatic nitrogens is 2. The van der Waals surface area contributed by atoms with Crippen LogP contribution in [0.25, 0.3) is 98.5 Å². The summed E-state index contributed by atoms with van der Waals surface area (Å²) < 4.78 is 11.4. The number of nitrogens with zero attached hydrogens (tertiary/aromatic N) is 2. The number of benzene rings is 8. The molecule has 0 saturated carbocycles. The van der Waals surface area contributed by atoms with Gasteiger partial charge >= 0.3 is 0 Å². The smallest absolute Gasteiger partial charge is 0.137 e. The third-order valence-electron chi connectivity index (χ3n) is 10.1. The van der Waals surface area contributed by atoms with Gasteiger partial charge in [0.05, 0.1) is 22.1 Å². The van der Waals surface area contributed by atoms with Gasteiger partial charge < -0.3 is 13.6 Å². The molecule has 0 bridgehead atoms. The summed E-state index contributed by atoms with van der Waals surface area (Å²) in [6.07, 6.45) is 0. The van der Waals surface area contributed by atoms with Gasteiger partial charge in [-0.25, -0.2) is 0 Å². The summed E-state index contributed by atoms with van der Waals surface area (Å²) in [6.45, 7) is 0. The second-order valence-corrected chi connectivity index (χ2v) is 12.5. The molecule has 3 heteroatoms. The molecule has 0 amide bonds. The van der Waals surface area contributed by atoms with E-state index in [-0.39, 0.29) is 0 Å². The Balaban J connectivity index is 1.44. The molecule has 0 aliphatic carbocycles. The van der Waals surface area contributed by atoms with Crippen LogP contribution in [0.5, 0.6) is 0 Å². The molecule has 0 aliphatic heterocycles. The fourth-order valence-corrected chi connectivity index (χ4v) is 8.17. The van der Waals surface area contributed by atoms with Crippen molar-refractivity contribution in [2.75, 3.05) is 0 Å². The first-order chi connectivity index (χ1) is 23.3. The highest BCUT2D eigenvalue weighted by Crippen LogP contribution is 2.48. The van der Waals surface area contributed by atoms with Crippen molar-refractivity contribution in [3.63, 3.8) is 0 Å². The predicted octanol–water partition coefficient (Wildman–Crippen LogP) is 12.1. The van der Waals surface area contributed by atoms with Crippen molar-refractivity contribution in [1.29, 1.82) is 0 Å². The minimum atomic E-state index is 0.892. The Morgan fingerprint density at radius 1 is 0.340 bits per heavy atom. The maximum Gasteiger partial charge on any atom is 0.137 e. The number of rotatable bonds is 2. The van der Waals surface area contributed by atoms with Crippen LogP contribution in [0.15, 0.2) is 162 Å². The van der Waals surface area contributed by atoms with Crippen LogP contribution in [0, 0.1) is 0 Å². The average molecular weight is 599 g/mol. The summed E-state index contributed by atoms with van der Waals surface area (Å²) in [5, 5.41) is 12.3. The fraction of sp³-hybridized carbons (Fsp3) is 0. The second-order valence-electron chi connectivity index (χ2n) is 12.5. The molecule has 0 saturated heterocycles. The van der Waals surface area contributed by atoms with Crippen LogP contribution < -0.4 is 0 Å². The Hall–Kier alpha value is -6.32. The third kappa shape index (κ3) is 3.25. The quantitative estimate of drug-likeness (QED) is 0.194. The zero-order valence-corrected chi connectivity index (χ0v) is 25.3. The van der Waals surface area contributed by atoms with Crippen LogP contribution in [0.2, 0.25) is 0 Å². The van der Waals surface area contributed by atoms with Crippen molar-refractivity contribution in [2.45, 2.75) is 0 Å². The van der Waals surface area contributed by atoms with Gasteiger partial charge in [-0.2, -0.15) is 0 Å². The Morgan fingerprint density at radius 2 is 1.00 bits per heavy atom. The summed E-state index contributed by atoms with van der Waals surface area (Å²) in [5.41, 5.74) is 8.85. The van der Waals surface area contributed by atoms with Crippen molar-refractivity contribution >= 4 is 87.1 Å². The molecular formula is C44H26N2O. The lowest BCUT2D eigenvalue weighted by atomic mass is 9.97. The Morgan fingerprint density at radius 3 is 1.87 bits per heavy atom. The van der Waals surface area contributed by atoms with E-state index >= 15 is 0 Å². The number of furan rings is 1. The van der Waals surface area contributed by atoms with Crippen molar-refractivity contribution in [1.82, 2.24) is 9.13 Å². The standard InChI is InChI=1S/C44H26N2O/c1-2-13-28(14-3-1)45-36-20-10-8-19-35(36)42-43(45)34-18-7-6-17-33(34)41-40-30-15-5-4-12-27(30)22-25-37(40)46(44(41)42)29-23-24-32-31-16-9-11-21-38(31)47-39(32)26-29/h1-26H. The molecule has 3 aromatic heterocycles. The maximum atomic E-state index is 6.46. The molecule has 11 aromatic rings. The van der Waals surface area contributed by atoms with Gasteiger partial charge in [-0.15, -0.1) is 0 Å². The van der Waals surface area contributed by atoms with Crippen molar-refractivity contribution in [3.05, 3.63) is 158 Å². The van der Waals surface area contributed by atoms with Crippen LogP contribution in [-0.4, -0.2) is 9.13 Å². The summed E-state index contributed by atoms with van der Waals surface area (Å²) in [5.74, 6) is 0. The van der Waals surface area contributed by atoms with Gasteiger partial charge in [0.1, 0.15) is 11.2 Å². The van der Waals surface area contributed by atoms with Gasteiger partial charge in [-0.05, 0) is 58.6 Å². The summed E-state index contributed by atoms with van der Waals surface area (Å²) in [6, 6.07) is 56.9. The molecule has 0 spiro atoms. The van der Waals surface area contributed by atoms with E-state index in [2.05, 4.69) is 161 Å². The molecule has 3 nitrogen and oxygen atoms in total. The number of hydrogen-bond donors (Lipinski definition) is 0. The predicted molar refractivity (Wildman–Crippen MR) is 197 cm³/mol. The van der Waals surface area contributed by atoms with E-state index in [9.17, 15) is 0 Å². The maximum absolute atomic E-state index is 6.46. The highest BCUT2D eigenvalue weighted by molar-refractivity contribution is 6.39. The van der Waals surface area contributed by atoms with Crippen LogP contribution >= 0.6 is 0 Å². The van der Waals surface area contributed by atoms with Crippen LogP contribution in [0.4, 0.5) is 0 Å². The number of hydrogen-bond acceptors (Lipinski definition) is 1. The van der Waals surface area contributed by atoms with Crippen LogP contribution in [-0.2, 0) is 0 Å². The van der Waals surface area contributed by atoms with E-state index < -0.39 is 0 Å². The molecule has 218 valence electrons. The lowest BCUT2D eigenvalue weighted by Crippen LogP contribution is -1.96. The summed E-state index contributed by atoms with van der Waals surface area (Å²) in [4.78, 5) is 0. The van der Waals surface area contributed by atoms with Crippen molar-refractivity contribution in [3.8, 4) is 11.4 Å². The fourth-order valence-electron chi connectivity index (χ4n) is 8.17. The monoisotopic (exact) mass is 598 g/mol. The Labute approximate surface area is 269 Å². The first kappa shape index (κ1) is 24.9. The van der Waals surface area contributed by atoms with Gasteiger partial charge in [0.25, 0.3) is 0 Å². The number of para-hydroxylation sites is 3. The molecule has 0 aliphatic rings. The summed E-state index contributed by atoms with van der Waals surface area (Å²) >= 11 is 0. The molecule has 8 aromatic carbocycles. The van der Waals surface area contributed by atoms with Crippen molar-refractivity contribution < 1.29 is 4.42 Å². The van der Waals surface area contributed by atoms with E-state index in [1.807, 2.05) is 6.07 Å². The molecule has 0 N–H and O–H groups in total. The lowest BCUT2D eigenvalue weighted by molar-refractivity contribution is 0.668. The third-order valence-corrected chi connectivity index (χ3v) is 10.1. The molecule has 47 heavy (non-hydrogen) atoms. The highest BCUT2D eigenvalue weighted by atomic mass is 16.3. The molecular weight excluding hydrogens is 572 g/mol. The molecule has 0 radical (unpaired) electrons. The molecule has 0 atom stereocenters. The van der Waals surface area contributed by atoms with Crippen LogP contribution in [0.1, 0.15) is 0 Å². The van der Waals surface area contributed by atoms with Gasteiger partial charge in [-0.1, -0.05) is 109 Å². The first-order valence-electron chi connectivity index (χ1n) is 16.1. The SMILES string of the molecule is c1ccc(-n2c3ccccc3c3c2c2ccccc2c2c4c5ccccc5ccc4n(-c4ccc5c(c4)oc4ccccc45)c23)cc1.